The zero-order valence-electron chi connectivity index (χ0n) is 15.1. The molecule has 0 radical (unpaired) electrons. The molecule has 1 aromatic heterocycles. The van der Waals surface area contributed by atoms with Gasteiger partial charge < -0.3 is 0 Å². The van der Waals surface area contributed by atoms with E-state index in [1.54, 1.807) is 30.3 Å². The lowest BCUT2D eigenvalue weighted by molar-refractivity contribution is -0.123. The van der Waals surface area contributed by atoms with E-state index in [0.29, 0.717) is 17.4 Å². The first-order valence-electron chi connectivity index (χ1n) is 8.59. The molecule has 2 heterocycles. The minimum absolute atomic E-state index is 0.0293. The van der Waals surface area contributed by atoms with Gasteiger partial charge in [0.05, 0.1) is 21.5 Å². The third-order valence-electron chi connectivity index (χ3n) is 4.28. The van der Waals surface area contributed by atoms with E-state index in [1.807, 2.05) is 4.90 Å². The van der Waals surface area contributed by atoms with Crippen LogP contribution in [0.25, 0.3) is 0 Å². The van der Waals surface area contributed by atoms with E-state index < -0.39 is 21.8 Å². The summed E-state index contributed by atoms with van der Waals surface area (Å²) >= 11 is 12.8. The summed E-state index contributed by atoms with van der Waals surface area (Å²) in [4.78, 5) is 25.9. The van der Waals surface area contributed by atoms with E-state index in [0.717, 1.165) is 11.3 Å². The highest BCUT2D eigenvalue weighted by molar-refractivity contribution is 7.91. The Bertz CT molecular complexity index is 1000. The van der Waals surface area contributed by atoms with Crippen molar-refractivity contribution in [3.63, 3.8) is 0 Å². The van der Waals surface area contributed by atoms with Gasteiger partial charge in [-0.25, -0.2) is 8.42 Å². The molecule has 12 heteroatoms. The Labute approximate surface area is 182 Å². The van der Waals surface area contributed by atoms with Crippen LogP contribution >= 0.6 is 34.5 Å². The number of nitrogens with one attached hydrogen (secondary N) is 2. The largest absolute Gasteiger partial charge is 0.292 e. The molecule has 1 aromatic carbocycles. The number of piperazine rings is 1. The van der Waals surface area contributed by atoms with Crippen molar-refractivity contribution in [2.75, 3.05) is 32.7 Å². The number of halogens is 2. The molecule has 1 aliphatic rings. The van der Waals surface area contributed by atoms with Crippen molar-refractivity contribution in [1.82, 2.24) is 20.1 Å². The van der Waals surface area contributed by atoms with Gasteiger partial charge >= 0.3 is 0 Å². The normalized spacial score (nSPS) is 15.8. The van der Waals surface area contributed by atoms with Crippen molar-refractivity contribution < 1.29 is 18.0 Å². The maximum absolute atomic E-state index is 12.6. The number of hydrogen-bond donors (Lipinski definition) is 2. The van der Waals surface area contributed by atoms with Crippen molar-refractivity contribution in [1.29, 1.82) is 0 Å². The third-order valence-corrected chi connectivity index (χ3v) is 8.20. The molecule has 0 aliphatic carbocycles. The maximum Gasteiger partial charge on any atom is 0.271 e. The van der Waals surface area contributed by atoms with Crippen LogP contribution in [-0.2, 0) is 14.8 Å². The minimum atomic E-state index is -3.58. The third kappa shape index (κ3) is 5.47. The van der Waals surface area contributed by atoms with Gasteiger partial charge in [0.1, 0.15) is 4.21 Å². The molecule has 1 saturated heterocycles. The van der Waals surface area contributed by atoms with Crippen LogP contribution in [0.1, 0.15) is 10.4 Å². The summed E-state index contributed by atoms with van der Waals surface area (Å²) in [6, 6.07) is 9.53. The Kier molecular flexibility index (Phi) is 7.14. The number of carbonyl (C=O) groups excluding carboxylic acids is 2. The molecule has 0 bridgehead atoms. The molecule has 0 saturated carbocycles. The summed E-state index contributed by atoms with van der Waals surface area (Å²) in [6.07, 6.45) is 0. The fourth-order valence-electron chi connectivity index (χ4n) is 2.77. The molecule has 156 valence electrons. The number of hydrazine groups is 1. The fourth-order valence-corrected chi connectivity index (χ4v) is 6.05. The van der Waals surface area contributed by atoms with E-state index in [1.165, 1.54) is 10.4 Å². The monoisotopic (exact) mass is 476 g/mol. The number of hydrogen-bond acceptors (Lipinski definition) is 6. The molecule has 2 amide bonds. The lowest BCUT2D eigenvalue weighted by Gasteiger charge is -2.33. The van der Waals surface area contributed by atoms with Crippen LogP contribution < -0.4 is 10.9 Å². The summed E-state index contributed by atoms with van der Waals surface area (Å²) in [6.45, 7) is 1.34. The van der Waals surface area contributed by atoms with Crippen LogP contribution in [0.2, 0.25) is 9.36 Å². The van der Waals surface area contributed by atoms with E-state index in [2.05, 4.69) is 10.9 Å². The van der Waals surface area contributed by atoms with Gasteiger partial charge in [-0.05, 0) is 24.3 Å². The van der Waals surface area contributed by atoms with Crippen molar-refractivity contribution in [3.8, 4) is 0 Å². The van der Waals surface area contributed by atoms with E-state index in [4.69, 9.17) is 23.2 Å². The Morgan fingerprint density at radius 3 is 2.31 bits per heavy atom. The molecular weight excluding hydrogens is 459 g/mol. The number of rotatable bonds is 5. The molecule has 8 nitrogen and oxygen atoms in total. The van der Waals surface area contributed by atoms with Crippen LogP contribution in [0.15, 0.2) is 40.6 Å². The first-order valence-corrected chi connectivity index (χ1v) is 11.6. The van der Waals surface area contributed by atoms with E-state index in [-0.39, 0.29) is 34.4 Å². The molecule has 0 atom stereocenters. The van der Waals surface area contributed by atoms with Crippen molar-refractivity contribution >= 4 is 56.4 Å². The first-order chi connectivity index (χ1) is 13.8. The summed E-state index contributed by atoms with van der Waals surface area (Å²) in [5, 5.41) is 0.281. The van der Waals surface area contributed by atoms with E-state index in [9.17, 15) is 18.0 Å². The summed E-state index contributed by atoms with van der Waals surface area (Å²) in [5.41, 5.74) is 4.91. The Morgan fingerprint density at radius 2 is 1.69 bits per heavy atom. The Balaban J connectivity index is 1.46. The van der Waals surface area contributed by atoms with Crippen LogP contribution in [0.5, 0.6) is 0 Å². The highest BCUT2D eigenvalue weighted by atomic mass is 35.5. The van der Waals surface area contributed by atoms with Gasteiger partial charge in [-0.1, -0.05) is 35.3 Å². The van der Waals surface area contributed by atoms with Gasteiger partial charge in [0.15, 0.2) is 0 Å². The smallest absolute Gasteiger partial charge is 0.271 e. The molecule has 0 spiro atoms. The molecule has 0 unspecified atom stereocenters. The van der Waals surface area contributed by atoms with Crippen LogP contribution in [-0.4, -0.2) is 62.2 Å². The van der Waals surface area contributed by atoms with Gasteiger partial charge in [0.2, 0.25) is 0 Å². The average Bonchev–Trinajstić information content (AvgIpc) is 3.14. The highest BCUT2D eigenvalue weighted by Crippen LogP contribution is 2.28. The topological polar surface area (TPSA) is 98.8 Å². The number of thiophene rings is 1. The minimum Gasteiger partial charge on any atom is -0.292 e. The lowest BCUT2D eigenvalue weighted by Crippen LogP contribution is -2.52. The molecule has 1 fully saturated rings. The van der Waals surface area contributed by atoms with Crippen LogP contribution in [0.4, 0.5) is 0 Å². The predicted molar refractivity (Wildman–Crippen MR) is 112 cm³/mol. The number of carbonyl (C=O) groups is 2. The van der Waals surface area contributed by atoms with Gasteiger partial charge in [-0.15, -0.1) is 11.3 Å². The fraction of sp³-hybridized carbons (Fsp3) is 0.294. The van der Waals surface area contributed by atoms with Crippen LogP contribution in [0.3, 0.4) is 0 Å². The molecule has 3 rings (SSSR count). The lowest BCUT2D eigenvalue weighted by atomic mass is 10.2. The Morgan fingerprint density at radius 1 is 1.00 bits per heavy atom. The standard InChI is InChI=1S/C17H18Cl2N4O4S2/c18-13-4-2-1-3-12(13)17(25)21-20-15(24)11-22-7-9-23(10-8-22)29(26,27)16-6-5-14(19)28-16/h1-6H,7-11H2,(H,20,24)(H,21,25). The zero-order chi connectivity index (χ0) is 21.0. The highest BCUT2D eigenvalue weighted by Gasteiger charge is 2.30. The van der Waals surface area contributed by atoms with Gasteiger partial charge in [0, 0.05) is 26.2 Å². The molecule has 2 aromatic rings. The second-order valence-electron chi connectivity index (χ2n) is 6.22. The molecule has 29 heavy (non-hydrogen) atoms. The van der Waals surface area contributed by atoms with Crippen LogP contribution in [0, 0.1) is 0 Å². The predicted octanol–water partition coefficient (Wildman–Crippen LogP) is 1.82. The second kappa shape index (κ2) is 9.41. The average molecular weight is 477 g/mol. The van der Waals surface area contributed by atoms with E-state index >= 15 is 0 Å². The second-order valence-corrected chi connectivity index (χ2v) is 10.5. The zero-order valence-corrected chi connectivity index (χ0v) is 18.2. The summed E-state index contributed by atoms with van der Waals surface area (Å²) in [5.74, 6) is -0.929. The van der Waals surface area contributed by atoms with Gasteiger partial charge in [-0.2, -0.15) is 4.31 Å². The SMILES string of the molecule is O=C(CN1CCN(S(=O)(=O)c2ccc(Cl)s2)CC1)NNC(=O)c1ccccc1Cl. The Hall–Kier alpha value is -1.69. The molecule has 2 N–H and O–H groups in total. The number of benzene rings is 1. The van der Waals surface area contributed by atoms with Crippen molar-refractivity contribution in [2.45, 2.75) is 4.21 Å². The quantitative estimate of drug-likeness (QED) is 0.641. The van der Waals surface area contributed by atoms with Gasteiger partial charge in [0.25, 0.3) is 21.8 Å². The first kappa shape index (κ1) is 22.0. The van der Waals surface area contributed by atoms with Gasteiger partial charge in [-0.3, -0.25) is 25.3 Å². The number of nitrogens with zero attached hydrogens (tertiary/aromatic N) is 2. The number of amides is 2. The molecule has 1 aliphatic heterocycles. The number of sulfonamides is 1. The van der Waals surface area contributed by atoms with Crippen molar-refractivity contribution in [2.24, 2.45) is 0 Å². The summed E-state index contributed by atoms with van der Waals surface area (Å²) in [7, 11) is -3.58. The van der Waals surface area contributed by atoms with Crippen molar-refractivity contribution in [3.05, 3.63) is 51.3 Å². The summed E-state index contributed by atoms with van der Waals surface area (Å²) < 4.78 is 27.2. The maximum atomic E-state index is 12.6. The molecular formula is C17H18Cl2N4O4S2.